The average Bonchev–Trinajstić information content (AvgIpc) is 2.68. The minimum absolute atomic E-state index is 0.264. The number of benzene rings is 1. The molecule has 3 nitrogen and oxygen atoms in total. The summed E-state index contributed by atoms with van der Waals surface area (Å²) in [6.07, 6.45) is -4.54. The first kappa shape index (κ1) is 14.4. The Balaban J connectivity index is 2.79. The summed E-state index contributed by atoms with van der Waals surface area (Å²) in [6, 6.07) is 4.67. The number of Topliss-reactive ketones (excluding diaryl/α,β-unsaturated/α-hetero) is 1. The van der Waals surface area contributed by atoms with Gasteiger partial charge < -0.3 is 9.30 Å². The van der Waals surface area contributed by atoms with Gasteiger partial charge in [0.15, 0.2) is 0 Å². The Bertz CT molecular complexity index is 671. The van der Waals surface area contributed by atoms with E-state index in [9.17, 15) is 18.0 Å². The number of halogens is 3. The molecule has 20 heavy (non-hydrogen) atoms. The molecule has 0 bridgehead atoms. The smallest absolute Gasteiger partial charge is 0.454 e. The Morgan fingerprint density at radius 2 is 2.00 bits per heavy atom. The van der Waals surface area contributed by atoms with E-state index in [4.69, 9.17) is 4.74 Å². The monoisotopic (exact) mass is 285 g/mol. The Labute approximate surface area is 113 Å². The van der Waals surface area contributed by atoms with Crippen LogP contribution in [0.4, 0.5) is 13.2 Å². The summed E-state index contributed by atoms with van der Waals surface area (Å²) in [7, 11) is 3.13. The molecule has 0 saturated carbocycles. The maximum atomic E-state index is 12.8. The Hall–Kier alpha value is -1.98. The van der Waals surface area contributed by atoms with Gasteiger partial charge in [0.2, 0.25) is 0 Å². The largest absolute Gasteiger partial charge is 0.497 e. The predicted molar refractivity (Wildman–Crippen MR) is 69.2 cm³/mol. The van der Waals surface area contributed by atoms with Crippen LogP contribution in [0.1, 0.15) is 23.0 Å². The number of hydrogen-bond acceptors (Lipinski definition) is 2. The third-order valence-electron chi connectivity index (χ3n) is 3.35. The van der Waals surface area contributed by atoms with Crippen molar-refractivity contribution in [1.29, 1.82) is 0 Å². The molecular weight excluding hydrogens is 271 g/mol. The van der Waals surface area contributed by atoms with Crippen LogP contribution in [0.25, 0.3) is 10.9 Å². The number of nitrogens with zero attached hydrogens (tertiary/aromatic N) is 1. The fourth-order valence-corrected chi connectivity index (χ4v) is 2.40. The normalized spacial score (nSPS) is 11.9. The second-order valence-corrected chi connectivity index (χ2v) is 4.44. The van der Waals surface area contributed by atoms with Crippen LogP contribution in [0.5, 0.6) is 5.75 Å². The lowest BCUT2D eigenvalue weighted by Gasteiger charge is -2.07. The minimum atomic E-state index is -4.88. The molecule has 6 heteroatoms. The average molecular weight is 285 g/mol. The molecule has 1 aromatic heterocycles. The van der Waals surface area contributed by atoms with Crippen molar-refractivity contribution < 1.29 is 22.7 Å². The SMILES string of the molecule is CCc1c(C(=O)C(F)(F)F)c2ccc(OC)cc2n1C. The zero-order chi connectivity index (χ0) is 15.1. The first-order chi connectivity index (χ1) is 9.31. The zero-order valence-electron chi connectivity index (χ0n) is 11.3. The molecule has 1 aromatic carbocycles. The van der Waals surface area contributed by atoms with Crippen LogP contribution in [0.2, 0.25) is 0 Å². The van der Waals surface area contributed by atoms with Crippen molar-refractivity contribution in [3.05, 3.63) is 29.5 Å². The van der Waals surface area contributed by atoms with Crippen molar-refractivity contribution in [3.63, 3.8) is 0 Å². The van der Waals surface area contributed by atoms with Crippen LogP contribution < -0.4 is 4.74 Å². The van der Waals surface area contributed by atoms with Crippen LogP contribution in [-0.4, -0.2) is 23.6 Å². The molecule has 0 radical (unpaired) electrons. The molecule has 0 saturated heterocycles. The van der Waals surface area contributed by atoms with Crippen LogP contribution >= 0.6 is 0 Å². The van der Waals surface area contributed by atoms with E-state index >= 15 is 0 Å². The number of ketones is 1. The lowest BCUT2D eigenvalue weighted by atomic mass is 10.0. The summed E-state index contributed by atoms with van der Waals surface area (Å²) in [5.41, 5.74) is 0.657. The molecule has 0 atom stereocenters. The standard InChI is InChI=1S/C14H14F3NO2/c1-4-10-12(13(19)14(15,16)17)9-6-5-8(20-3)7-11(9)18(10)2/h5-7H,4H2,1-3H3. The molecule has 0 fully saturated rings. The number of aromatic nitrogens is 1. The minimum Gasteiger partial charge on any atom is -0.497 e. The Morgan fingerprint density at radius 1 is 1.35 bits per heavy atom. The van der Waals surface area contributed by atoms with Crippen LogP contribution in [0.3, 0.4) is 0 Å². The second kappa shape index (κ2) is 4.85. The summed E-state index contributed by atoms with van der Waals surface area (Å²) in [5, 5.41) is 0.299. The number of ether oxygens (including phenoxy) is 1. The van der Waals surface area contributed by atoms with Crippen molar-refractivity contribution in [2.45, 2.75) is 19.5 Å². The van der Waals surface area contributed by atoms with Gasteiger partial charge in [0.1, 0.15) is 5.75 Å². The molecule has 0 amide bonds. The molecule has 0 N–H and O–H groups in total. The molecule has 108 valence electrons. The van der Waals surface area contributed by atoms with Crippen LogP contribution in [0.15, 0.2) is 18.2 Å². The highest BCUT2D eigenvalue weighted by Crippen LogP contribution is 2.33. The molecule has 2 aromatic rings. The fraction of sp³-hybridized carbons (Fsp3) is 0.357. The van der Waals surface area contributed by atoms with Crippen LogP contribution in [-0.2, 0) is 13.5 Å². The van der Waals surface area contributed by atoms with Gasteiger partial charge in [0.25, 0.3) is 5.78 Å². The summed E-state index contributed by atoms with van der Waals surface area (Å²) < 4.78 is 44.9. The maximum Gasteiger partial charge on any atom is 0.454 e. The molecule has 0 unspecified atom stereocenters. The van der Waals surface area contributed by atoms with E-state index in [1.807, 2.05) is 0 Å². The molecule has 0 spiro atoms. The lowest BCUT2D eigenvalue weighted by molar-refractivity contribution is -0.0884. The van der Waals surface area contributed by atoms with E-state index in [-0.39, 0.29) is 5.56 Å². The van der Waals surface area contributed by atoms with Gasteiger partial charge in [-0.2, -0.15) is 13.2 Å². The highest BCUT2D eigenvalue weighted by Gasteiger charge is 2.42. The van der Waals surface area contributed by atoms with Gasteiger partial charge in [0, 0.05) is 24.2 Å². The topological polar surface area (TPSA) is 31.2 Å². The lowest BCUT2D eigenvalue weighted by Crippen LogP contribution is -2.23. The van der Waals surface area contributed by atoms with Gasteiger partial charge in [-0.3, -0.25) is 4.79 Å². The van der Waals surface area contributed by atoms with E-state index < -0.39 is 12.0 Å². The van der Waals surface area contributed by atoms with Gasteiger partial charge in [-0.25, -0.2) is 0 Å². The third-order valence-corrected chi connectivity index (χ3v) is 3.35. The number of alkyl halides is 3. The number of rotatable bonds is 3. The fourth-order valence-electron chi connectivity index (χ4n) is 2.40. The van der Waals surface area contributed by atoms with Gasteiger partial charge in [0.05, 0.1) is 18.2 Å². The van der Waals surface area contributed by atoms with Crippen molar-refractivity contribution in [2.75, 3.05) is 7.11 Å². The first-order valence-corrected chi connectivity index (χ1v) is 6.08. The number of aryl methyl sites for hydroxylation is 1. The predicted octanol–water partition coefficient (Wildman–Crippen LogP) is 3.49. The van der Waals surface area contributed by atoms with Crippen molar-refractivity contribution in [2.24, 2.45) is 7.05 Å². The van der Waals surface area contributed by atoms with E-state index in [2.05, 4.69) is 0 Å². The highest BCUT2D eigenvalue weighted by atomic mass is 19.4. The molecule has 1 heterocycles. The summed E-state index contributed by atoms with van der Waals surface area (Å²) >= 11 is 0. The molecule has 2 rings (SSSR count). The highest BCUT2D eigenvalue weighted by molar-refractivity contribution is 6.12. The zero-order valence-corrected chi connectivity index (χ0v) is 11.3. The summed E-state index contributed by atoms with van der Waals surface area (Å²) in [6.45, 7) is 1.72. The Kier molecular flexibility index (Phi) is 3.50. The molecule has 0 aliphatic heterocycles. The quantitative estimate of drug-likeness (QED) is 0.808. The number of carbonyl (C=O) groups is 1. The number of methoxy groups -OCH3 is 1. The number of fused-ring (bicyclic) bond motifs is 1. The Morgan fingerprint density at radius 3 is 2.50 bits per heavy atom. The second-order valence-electron chi connectivity index (χ2n) is 4.44. The van der Waals surface area contributed by atoms with Gasteiger partial charge in [-0.1, -0.05) is 6.92 Å². The maximum absolute atomic E-state index is 12.8. The van der Waals surface area contributed by atoms with E-state index in [0.717, 1.165) is 0 Å². The van der Waals surface area contributed by atoms with Crippen LogP contribution in [0, 0.1) is 0 Å². The van der Waals surface area contributed by atoms with Crippen molar-refractivity contribution in [3.8, 4) is 5.75 Å². The van der Waals surface area contributed by atoms with E-state index in [0.29, 0.717) is 28.8 Å². The van der Waals surface area contributed by atoms with Crippen molar-refractivity contribution in [1.82, 2.24) is 4.57 Å². The number of hydrogen-bond donors (Lipinski definition) is 0. The number of carbonyl (C=O) groups excluding carboxylic acids is 1. The van der Waals surface area contributed by atoms with E-state index in [1.165, 1.54) is 13.2 Å². The molecule has 0 aliphatic carbocycles. The summed E-state index contributed by atoms with van der Waals surface area (Å²) in [4.78, 5) is 11.7. The van der Waals surface area contributed by atoms with Gasteiger partial charge >= 0.3 is 6.18 Å². The van der Waals surface area contributed by atoms with Gasteiger partial charge in [-0.15, -0.1) is 0 Å². The third kappa shape index (κ3) is 2.15. The van der Waals surface area contributed by atoms with Gasteiger partial charge in [-0.05, 0) is 18.6 Å². The first-order valence-electron chi connectivity index (χ1n) is 6.08. The van der Waals surface area contributed by atoms with Crippen molar-refractivity contribution >= 4 is 16.7 Å². The van der Waals surface area contributed by atoms with E-state index in [1.54, 1.807) is 30.7 Å². The molecule has 0 aliphatic rings. The summed E-state index contributed by atoms with van der Waals surface area (Å²) in [5.74, 6) is -1.27. The molecular formula is C14H14F3NO2.